The monoisotopic (exact) mass is 198 g/mol. The molecule has 13 heavy (non-hydrogen) atoms. The van der Waals surface area contributed by atoms with E-state index in [0.717, 1.165) is 21.8 Å². The van der Waals surface area contributed by atoms with Crippen LogP contribution in [0.1, 0.15) is 24.1 Å². The largest absolute Gasteiger partial charge is 0.398 e. The molecule has 0 aliphatic carbocycles. The van der Waals surface area contributed by atoms with Crippen molar-refractivity contribution in [1.29, 1.82) is 0 Å². The van der Waals surface area contributed by atoms with E-state index in [4.69, 9.17) is 17.3 Å². The van der Waals surface area contributed by atoms with Crippen LogP contribution in [0.4, 0.5) is 5.69 Å². The normalized spacial score (nSPS) is 12.9. The van der Waals surface area contributed by atoms with Crippen molar-refractivity contribution in [3.8, 4) is 0 Å². The SMILES string of the molecule is CNC(C)c1cc(Cl)cc(C)c1N. The van der Waals surface area contributed by atoms with Crippen molar-refractivity contribution in [3.05, 3.63) is 28.3 Å². The van der Waals surface area contributed by atoms with E-state index in [-0.39, 0.29) is 6.04 Å². The summed E-state index contributed by atoms with van der Waals surface area (Å²) in [6, 6.07) is 4.02. The van der Waals surface area contributed by atoms with Crippen LogP contribution in [-0.2, 0) is 0 Å². The lowest BCUT2D eigenvalue weighted by molar-refractivity contribution is 0.654. The van der Waals surface area contributed by atoms with Gasteiger partial charge in [-0.15, -0.1) is 0 Å². The lowest BCUT2D eigenvalue weighted by atomic mass is 10.0. The summed E-state index contributed by atoms with van der Waals surface area (Å²) < 4.78 is 0. The van der Waals surface area contributed by atoms with Crippen LogP contribution in [0.2, 0.25) is 5.02 Å². The number of nitrogen functional groups attached to an aromatic ring is 1. The molecule has 1 aromatic carbocycles. The molecule has 72 valence electrons. The van der Waals surface area contributed by atoms with E-state index in [2.05, 4.69) is 12.2 Å². The van der Waals surface area contributed by atoms with Gasteiger partial charge in [-0.1, -0.05) is 11.6 Å². The van der Waals surface area contributed by atoms with Crippen molar-refractivity contribution >= 4 is 17.3 Å². The minimum Gasteiger partial charge on any atom is -0.398 e. The third-order valence-corrected chi connectivity index (χ3v) is 2.50. The molecule has 0 amide bonds. The van der Waals surface area contributed by atoms with E-state index in [1.807, 2.05) is 26.1 Å². The molecule has 0 heterocycles. The zero-order valence-corrected chi connectivity index (χ0v) is 8.94. The second-order valence-corrected chi connectivity index (χ2v) is 3.67. The van der Waals surface area contributed by atoms with E-state index in [0.29, 0.717) is 0 Å². The van der Waals surface area contributed by atoms with Gasteiger partial charge in [-0.2, -0.15) is 0 Å². The first kappa shape index (κ1) is 10.4. The Labute approximate surface area is 84.1 Å². The zero-order valence-electron chi connectivity index (χ0n) is 8.19. The summed E-state index contributed by atoms with van der Waals surface area (Å²) in [4.78, 5) is 0. The molecule has 0 spiro atoms. The summed E-state index contributed by atoms with van der Waals surface area (Å²) in [5.74, 6) is 0. The maximum absolute atomic E-state index is 5.94. The highest BCUT2D eigenvalue weighted by atomic mass is 35.5. The molecule has 3 N–H and O–H groups in total. The van der Waals surface area contributed by atoms with Crippen LogP contribution >= 0.6 is 11.6 Å². The lowest BCUT2D eigenvalue weighted by Gasteiger charge is -2.15. The van der Waals surface area contributed by atoms with Crippen LogP contribution in [0.25, 0.3) is 0 Å². The molecule has 3 heteroatoms. The smallest absolute Gasteiger partial charge is 0.0413 e. The third kappa shape index (κ3) is 2.14. The predicted octanol–water partition coefficient (Wildman–Crippen LogP) is 2.51. The highest BCUT2D eigenvalue weighted by Gasteiger charge is 2.09. The van der Waals surface area contributed by atoms with Crippen LogP contribution in [0.3, 0.4) is 0 Å². The topological polar surface area (TPSA) is 38.0 Å². The Hall–Kier alpha value is -0.730. The summed E-state index contributed by atoms with van der Waals surface area (Å²) >= 11 is 5.94. The van der Waals surface area contributed by atoms with Gasteiger partial charge >= 0.3 is 0 Å². The van der Waals surface area contributed by atoms with Crippen molar-refractivity contribution in [2.24, 2.45) is 0 Å². The van der Waals surface area contributed by atoms with Crippen molar-refractivity contribution in [3.63, 3.8) is 0 Å². The van der Waals surface area contributed by atoms with Gasteiger partial charge in [-0.05, 0) is 44.2 Å². The molecule has 1 unspecified atom stereocenters. The summed E-state index contributed by atoms with van der Waals surface area (Å²) in [6.07, 6.45) is 0. The van der Waals surface area contributed by atoms with Gasteiger partial charge in [0.1, 0.15) is 0 Å². The Morgan fingerprint density at radius 3 is 2.62 bits per heavy atom. The molecular weight excluding hydrogens is 184 g/mol. The molecule has 1 aromatic rings. The quantitative estimate of drug-likeness (QED) is 0.717. The van der Waals surface area contributed by atoms with Gasteiger partial charge < -0.3 is 11.1 Å². The van der Waals surface area contributed by atoms with Gasteiger partial charge in [-0.25, -0.2) is 0 Å². The molecule has 0 aliphatic rings. The van der Waals surface area contributed by atoms with E-state index >= 15 is 0 Å². The highest BCUT2D eigenvalue weighted by Crippen LogP contribution is 2.27. The van der Waals surface area contributed by atoms with Crippen molar-refractivity contribution < 1.29 is 0 Å². The standard InChI is InChI=1S/C10H15ClN2/c1-6-4-8(11)5-9(10(6)12)7(2)13-3/h4-5,7,13H,12H2,1-3H3. The highest BCUT2D eigenvalue weighted by molar-refractivity contribution is 6.30. The Morgan fingerprint density at radius 2 is 2.08 bits per heavy atom. The minimum atomic E-state index is 0.234. The van der Waals surface area contributed by atoms with Crippen LogP contribution in [0.15, 0.2) is 12.1 Å². The van der Waals surface area contributed by atoms with Crippen LogP contribution in [0, 0.1) is 6.92 Å². The molecule has 0 saturated heterocycles. The molecule has 0 aliphatic heterocycles. The Balaban J connectivity index is 3.20. The van der Waals surface area contributed by atoms with Gasteiger partial charge in [0.05, 0.1) is 0 Å². The number of nitrogens with one attached hydrogen (secondary N) is 1. The average molecular weight is 199 g/mol. The Kier molecular flexibility index (Phi) is 3.17. The van der Waals surface area contributed by atoms with Gasteiger partial charge in [0, 0.05) is 16.8 Å². The van der Waals surface area contributed by atoms with E-state index < -0.39 is 0 Å². The van der Waals surface area contributed by atoms with Crippen LogP contribution < -0.4 is 11.1 Å². The Morgan fingerprint density at radius 1 is 1.46 bits per heavy atom. The number of benzene rings is 1. The van der Waals surface area contributed by atoms with Gasteiger partial charge in [-0.3, -0.25) is 0 Å². The van der Waals surface area contributed by atoms with E-state index in [1.165, 1.54) is 0 Å². The molecule has 1 atom stereocenters. The van der Waals surface area contributed by atoms with Crippen LogP contribution in [0.5, 0.6) is 0 Å². The fraction of sp³-hybridized carbons (Fsp3) is 0.400. The summed E-state index contributed by atoms with van der Waals surface area (Å²) in [6.45, 7) is 4.02. The predicted molar refractivity (Wildman–Crippen MR) is 58.1 cm³/mol. The van der Waals surface area contributed by atoms with Gasteiger partial charge in [0.15, 0.2) is 0 Å². The molecule has 0 bridgehead atoms. The van der Waals surface area contributed by atoms with E-state index in [1.54, 1.807) is 0 Å². The molecular formula is C10H15ClN2. The number of hydrogen-bond acceptors (Lipinski definition) is 2. The van der Waals surface area contributed by atoms with E-state index in [9.17, 15) is 0 Å². The maximum Gasteiger partial charge on any atom is 0.0413 e. The fourth-order valence-electron chi connectivity index (χ4n) is 1.29. The first-order valence-corrected chi connectivity index (χ1v) is 4.67. The molecule has 0 aromatic heterocycles. The lowest BCUT2D eigenvalue weighted by Crippen LogP contribution is -2.14. The summed E-state index contributed by atoms with van der Waals surface area (Å²) in [5, 5.41) is 3.88. The summed E-state index contributed by atoms with van der Waals surface area (Å²) in [5.41, 5.74) is 8.85. The van der Waals surface area contributed by atoms with Gasteiger partial charge in [0.25, 0.3) is 0 Å². The molecule has 2 nitrogen and oxygen atoms in total. The maximum atomic E-state index is 5.94. The molecule has 0 fully saturated rings. The fourth-order valence-corrected chi connectivity index (χ4v) is 1.58. The van der Waals surface area contributed by atoms with Gasteiger partial charge in [0.2, 0.25) is 0 Å². The number of anilines is 1. The first-order valence-electron chi connectivity index (χ1n) is 4.29. The number of hydrogen-bond donors (Lipinski definition) is 2. The molecule has 1 rings (SSSR count). The molecule has 0 radical (unpaired) electrons. The number of halogens is 1. The zero-order chi connectivity index (χ0) is 10.0. The average Bonchev–Trinajstić information content (AvgIpc) is 2.10. The minimum absolute atomic E-state index is 0.234. The summed E-state index contributed by atoms with van der Waals surface area (Å²) in [7, 11) is 1.90. The Bertz CT molecular complexity index is 310. The third-order valence-electron chi connectivity index (χ3n) is 2.28. The van der Waals surface area contributed by atoms with Crippen molar-refractivity contribution in [2.45, 2.75) is 19.9 Å². The van der Waals surface area contributed by atoms with Crippen molar-refractivity contribution in [2.75, 3.05) is 12.8 Å². The number of nitrogens with two attached hydrogens (primary N) is 1. The first-order chi connectivity index (χ1) is 6.06. The second-order valence-electron chi connectivity index (χ2n) is 3.24. The second kappa shape index (κ2) is 3.99. The molecule has 0 saturated carbocycles. The number of rotatable bonds is 2. The van der Waals surface area contributed by atoms with Crippen LogP contribution in [-0.4, -0.2) is 7.05 Å². The number of aryl methyl sites for hydroxylation is 1. The van der Waals surface area contributed by atoms with Crippen molar-refractivity contribution in [1.82, 2.24) is 5.32 Å².